The number of carbonyl (C=O) groups is 1. The Morgan fingerprint density at radius 3 is 2.35 bits per heavy atom. The van der Waals surface area contributed by atoms with E-state index in [1.54, 1.807) is 13.8 Å². The number of hydrogen-bond acceptors (Lipinski definition) is 5. The van der Waals surface area contributed by atoms with Crippen LogP contribution in [0.15, 0.2) is 30.3 Å². The number of benzene rings is 1. The van der Waals surface area contributed by atoms with Crippen molar-refractivity contribution >= 4 is 13.7 Å². The minimum atomic E-state index is -2.98. The van der Waals surface area contributed by atoms with Crippen LogP contribution in [0.4, 0.5) is 4.79 Å². The number of alkyl carbamates (subject to hydrolysis) is 1. The van der Waals surface area contributed by atoms with Crippen LogP contribution in [0.1, 0.15) is 32.3 Å². The summed E-state index contributed by atoms with van der Waals surface area (Å²) in [7, 11) is -2.98. The highest BCUT2D eigenvalue weighted by Crippen LogP contribution is 2.48. The van der Waals surface area contributed by atoms with Gasteiger partial charge in [-0.25, -0.2) is 4.79 Å². The molecule has 23 heavy (non-hydrogen) atoms. The Hall–Kier alpha value is -1.36. The molecule has 1 amide bonds. The number of nitrogens with one attached hydrogen (secondary N) is 1. The summed E-state index contributed by atoms with van der Waals surface area (Å²) in [6.45, 7) is 5.01. The van der Waals surface area contributed by atoms with Crippen molar-refractivity contribution in [1.82, 2.24) is 5.32 Å². The molecule has 0 aromatic heterocycles. The Labute approximate surface area is 138 Å². The van der Waals surface area contributed by atoms with Crippen LogP contribution in [-0.4, -0.2) is 32.0 Å². The van der Waals surface area contributed by atoms with Crippen LogP contribution in [0.5, 0.6) is 0 Å². The van der Waals surface area contributed by atoms with E-state index in [1.165, 1.54) is 0 Å². The topological polar surface area (TPSA) is 73.9 Å². The maximum absolute atomic E-state index is 12.2. The van der Waals surface area contributed by atoms with Crippen molar-refractivity contribution in [3.8, 4) is 0 Å². The molecule has 0 aliphatic rings. The Kier molecular flexibility index (Phi) is 9.60. The summed E-state index contributed by atoms with van der Waals surface area (Å²) in [6.07, 6.45) is 1.24. The highest BCUT2D eigenvalue weighted by atomic mass is 31.2. The van der Waals surface area contributed by atoms with Gasteiger partial charge in [0.05, 0.1) is 19.4 Å². The van der Waals surface area contributed by atoms with Crippen molar-refractivity contribution in [3.05, 3.63) is 35.9 Å². The van der Waals surface area contributed by atoms with Gasteiger partial charge in [0.15, 0.2) is 0 Å². The minimum Gasteiger partial charge on any atom is -0.445 e. The molecule has 0 aliphatic carbocycles. The predicted octanol–water partition coefficient (Wildman–Crippen LogP) is 3.96. The maximum atomic E-state index is 12.2. The summed E-state index contributed by atoms with van der Waals surface area (Å²) in [4.78, 5) is 11.5. The third-order valence-electron chi connectivity index (χ3n) is 2.99. The molecule has 0 fully saturated rings. The molecule has 0 unspecified atom stereocenters. The van der Waals surface area contributed by atoms with Crippen LogP contribution in [-0.2, 0) is 25.0 Å². The lowest BCUT2D eigenvalue weighted by atomic mass is 10.2. The Bertz CT molecular complexity index is 485. The first-order valence-corrected chi connectivity index (χ1v) is 9.65. The predicted molar refractivity (Wildman–Crippen MR) is 89.6 cm³/mol. The average Bonchev–Trinajstić information content (AvgIpc) is 2.54. The van der Waals surface area contributed by atoms with Crippen molar-refractivity contribution in [2.24, 2.45) is 0 Å². The van der Waals surface area contributed by atoms with Crippen LogP contribution in [0.3, 0.4) is 0 Å². The zero-order valence-corrected chi connectivity index (χ0v) is 14.7. The molecule has 0 saturated carbocycles. The minimum absolute atomic E-state index is 0.247. The highest BCUT2D eigenvalue weighted by Gasteiger charge is 2.22. The summed E-state index contributed by atoms with van der Waals surface area (Å²) < 4.78 is 27.7. The van der Waals surface area contributed by atoms with E-state index in [2.05, 4.69) is 5.32 Å². The summed E-state index contributed by atoms with van der Waals surface area (Å²) in [5.41, 5.74) is 0.942. The average molecular weight is 343 g/mol. The van der Waals surface area contributed by atoms with E-state index in [9.17, 15) is 9.36 Å². The lowest BCUT2D eigenvalue weighted by Crippen LogP contribution is -2.25. The third-order valence-corrected chi connectivity index (χ3v) is 5.16. The molecule has 0 heterocycles. The molecule has 1 aromatic rings. The van der Waals surface area contributed by atoms with Gasteiger partial charge in [0.1, 0.15) is 6.61 Å². The summed E-state index contributed by atoms with van der Waals surface area (Å²) in [6, 6.07) is 9.49. The van der Waals surface area contributed by atoms with Gasteiger partial charge in [-0.1, -0.05) is 30.3 Å². The molecule has 6 nitrogen and oxygen atoms in total. The number of unbranched alkanes of at least 4 members (excludes halogenated alkanes) is 1. The van der Waals surface area contributed by atoms with Crippen molar-refractivity contribution in [3.63, 3.8) is 0 Å². The summed E-state index contributed by atoms with van der Waals surface area (Å²) >= 11 is 0. The zero-order valence-electron chi connectivity index (χ0n) is 13.8. The molecule has 1 aromatic carbocycles. The van der Waals surface area contributed by atoms with Gasteiger partial charge in [0.25, 0.3) is 0 Å². The Morgan fingerprint density at radius 2 is 1.74 bits per heavy atom. The van der Waals surface area contributed by atoms with Gasteiger partial charge in [0, 0.05) is 6.54 Å². The van der Waals surface area contributed by atoms with E-state index in [0.717, 1.165) is 5.56 Å². The second-order valence-corrected chi connectivity index (χ2v) is 7.05. The second-order valence-electron chi connectivity index (χ2n) is 4.87. The SMILES string of the molecule is CCOP(=O)(CCCCNC(=O)OCc1ccccc1)OCC. The number of carbonyl (C=O) groups excluding carboxylic acids is 1. The molecule has 1 N–H and O–H groups in total. The van der Waals surface area contributed by atoms with Crippen LogP contribution >= 0.6 is 7.60 Å². The van der Waals surface area contributed by atoms with Crippen LogP contribution < -0.4 is 5.32 Å². The molecular weight excluding hydrogens is 317 g/mol. The van der Waals surface area contributed by atoms with E-state index in [0.29, 0.717) is 38.8 Å². The molecule has 0 spiro atoms. The summed E-state index contributed by atoms with van der Waals surface area (Å²) in [5.74, 6) is 0. The standard InChI is InChI=1S/C16H26NO5P/c1-3-21-23(19,22-4-2)13-9-8-12-17-16(18)20-14-15-10-6-5-7-11-15/h5-7,10-11H,3-4,8-9,12-14H2,1-2H3,(H,17,18). The normalized spacial score (nSPS) is 11.2. The molecule has 0 saturated heterocycles. The van der Waals surface area contributed by atoms with Gasteiger partial charge in [-0.05, 0) is 32.3 Å². The number of hydrogen-bond donors (Lipinski definition) is 1. The molecule has 0 bridgehead atoms. The van der Waals surface area contributed by atoms with Crippen molar-refractivity contribution in [2.75, 3.05) is 25.9 Å². The smallest absolute Gasteiger partial charge is 0.407 e. The van der Waals surface area contributed by atoms with E-state index in [1.807, 2.05) is 30.3 Å². The number of rotatable bonds is 11. The third kappa shape index (κ3) is 8.74. The van der Waals surface area contributed by atoms with Gasteiger partial charge in [-0.2, -0.15) is 0 Å². The van der Waals surface area contributed by atoms with Gasteiger partial charge in [-0.3, -0.25) is 4.57 Å². The van der Waals surface area contributed by atoms with E-state index in [4.69, 9.17) is 13.8 Å². The lowest BCUT2D eigenvalue weighted by Gasteiger charge is -2.16. The fourth-order valence-corrected chi connectivity index (χ4v) is 3.69. The zero-order chi connectivity index (χ0) is 17.0. The first-order chi connectivity index (χ1) is 11.1. The molecule has 0 atom stereocenters. The van der Waals surface area contributed by atoms with Gasteiger partial charge < -0.3 is 19.1 Å². The van der Waals surface area contributed by atoms with Gasteiger partial charge >= 0.3 is 13.7 Å². The van der Waals surface area contributed by atoms with Crippen molar-refractivity contribution in [2.45, 2.75) is 33.3 Å². The first-order valence-electron chi connectivity index (χ1n) is 7.92. The lowest BCUT2D eigenvalue weighted by molar-refractivity contribution is 0.139. The molecule has 0 radical (unpaired) electrons. The fraction of sp³-hybridized carbons (Fsp3) is 0.562. The summed E-state index contributed by atoms with van der Waals surface area (Å²) in [5, 5.41) is 2.67. The van der Waals surface area contributed by atoms with E-state index < -0.39 is 13.7 Å². The van der Waals surface area contributed by atoms with Gasteiger partial charge in [-0.15, -0.1) is 0 Å². The largest absolute Gasteiger partial charge is 0.445 e. The Morgan fingerprint density at radius 1 is 1.09 bits per heavy atom. The monoisotopic (exact) mass is 343 g/mol. The second kappa shape index (κ2) is 11.2. The van der Waals surface area contributed by atoms with Crippen LogP contribution in [0.2, 0.25) is 0 Å². The number of ether oxygens (including phenoxy) is 1. The first kappa shape index (κ1) is 19.7. The maximum Gasteiger partial charge on any atom is 0.407 e. The van der Waals surface area contributed by atoms with Gasteiger partial charge in [0.2, 0.25) is 0 Å². The highest BCUT2D eigenvalue weighted by molar-refractivity contribution is 7.53. The molecule has 7 heteroatoms. The van der Waals surface area contributed by atoms with Crippen molar-refractivity contribution < 1.29 is 23.1 Å². The molecule has 0 aliphatic heterocycles. The van der Waals surface area contributed by atoms with Crippen LogP contribution in [0.25, 0.3) is 0 Å². The molecule has 130 valence electrons. The quantitative estimate of drug-likeness (QED) is 0.486. The van der Waals surface area contributed by atoms with E-state index >= 15 is 0 Å². The number of amides is 1. The fourth-order valence-electron chi connectivity index (χ4n) is 1.95. The molecule has 1 rings (SSSR count). The Balaban J connectivity index is 2.14. The van der Waals surface area contributed by atoms with Crippen molar-refractivity contribution in [1.29, 1.82) is 0 Å². The van der Waals surface area contributed by atoms with Crippen LogP contribution in [0, 0.1) is 0 Å². The van der Waals surface area contributed by atoms with E-state index in [-0.39, 0.29) is 6.61 Å². The molecular formula is C16H26NO5P.